The van der Waals surface area contributed by atoms with Gasteiger partial charge in [0, 0.05) is 67.5 Å². The van der Waals surface area contributed by atoms with Crippen molar-refractivity contribution in [2.75, 3.05) is 26.2 Å². The van der Waals surface area contributed by atoms with Gasteiger partial charge in [-0.05, 0) is 55.2 Å². The van der Waals surface area contributed by atoms with E-state index < -0.39 is 10.3 Å². The maximum atomic E-state index is 10.3. The van der Waals surface area contributed by atoms with Gasteiger partial charge in [0.1, 0.15) is 12.4 Å². The van der Waals surface area contributed by atoms with Crippen molar-refractivity contribution in [3.05, 3.63) is 64.1 Å². The van der Waals surface area contributed by atoms with Crippen LogP contribution in [0.25, 0.3) is 5.57 Å². The van der Waals surface area contributed by atoms with E-state index in [2.05, 4.69) is 41.8 Å². The lowest BCUT2D eigenvalue weighted by atomic mass is 9.95. The highest BCUT2D eigenvalue weighted by atomic mass is 32.2. The molecule has 0 unspecified atom stereocenters. The van der Waals surface area contributed by atoms with Crippen molar-refractivity contribution in [1.82, 2.24) is 29.1 Å². The summed E-state index contributed by atoms with van der Waals surface area (Å²) < 4.78 is 39.3. The largest absolute Gasteiger partial charge is 0.462 e. The Kier molecular flexibility index (Phi) is 9.40. The van der Waals surface area contributed by atoms with Gasteiger partial charge in [0.25, 0.3) is 0 Å². The Bertz CT molecular complexity index is 1300. The number of aromatic nitrogens is 4. The molecule has 1 saturated carbocycles. The fraction of sp³-hybridized carbons (Fsp3) is 0.519. The van der Waals surface area contributed by atoms with Gasteiger partial charge in [0.15, 0.2) is 0 Å². The molecule has 3 aromatic rings. The third kappa shape index (κ3) is 7.73. The van der Waals surface area contributed by atoms with Crippen molar-refractivity contribution in [3.63, 3.8) is 0 Å². The molecule has 0 aromatic carbocycles. The molecule has 0 radical (unpaired) electrons. The number of thiophene rings is 1. The van der Waals surface area contributed by atoms with E-state index in [0.717, 1.165) is 76.9 Å². The van der Waals surface area contributed by atoms with Crippen molar-refractivity contribution < 1.29 is 17.7 Å². The van der Waals surface area contributed by atoms with Gasteiger partial charge in [-0.25, -0.2) is 15.0 Å². The van der Waals surface area contributed by atoms with E-state index in [1.165, 1.54) is 22.4 Å². The zero-order valence-electron chi connectivity index (χ0n) is 22.0. The number of aryl methyl sites for hydroxylation is 2. The Labute approximate surface area is 234 Å². The summed E-state index contributed by atoms with van der Waals surface area (Å²) in [6.07, 6.45) is 15.7. The number of fused-ring (bicyclic) bond motifs is 2. The summed E-state index contributed by atoms with van der Waals surface area (Å²) in [6, 6.07) is 4.49. The smallest absolute Gasteiger partial charge is 0.333 e. The molecule has 2 fully saturated rings. The van der Waals surface area contributed by atoms with E-state index in [9.17, 15) is 8.42 Å². The van der Waals surface area contributed by atoms with Crippen molar-refractivity contribution >= 4 is 27.2 Å². The Hall–Kier alpha value is -2.64. The van der Waals surface area contributed by atoms with Gasteiger partial charge in [0.05, 0.1) is 0 Å². The number of hydrogen-bond acceptors (Lipinski definition) is 8. The summed E-state index contributed by atoms with van der Waals surface area (Å²) in [5.41, 5.74) is 4.40. The van der Waals surface area contributed by atoms with Crippen LogP contribution in [0.4, 0.5) is 0 Å². The van der Waals surface area contributed by atoms with Crippen molar-refractivity contribution in [2.24, 2.45) is 0 Å². The van der Waals surface area contributed by atoms with E-state index in [-0.39, 0.29) is 6.04 Å². The topological polar surface area (TPSA) is 122 Å². The van der Waals surface area contributed by atoms with Crippen LogP contribution in [0.1, 0.15) is 61.2 Å². The monoisotopic (exact) mass is 572 g/mol. The van der Waals surface area contributed by atoms with E-state index in [1.54, 1.807) is 24.0 Å². The molecule has 1 saturated heterocycles. The van der Waals surface area contributed by atoms with Gasteiger partial charge in [-0.3, -0.25) is 9.45 Å². The van der Waals surface area contributed by atoms with Crippen LogP contribution in [-0.4, -0.2) is 69.7 Å². The van der Waals surface area contributed by atoms with Crippen LogP contribution < -0.4 is 9.46 Å². The Morgan fingerprint density at radius 1 is 1.03 bits per heavy atom. The van der Waals surface area contributed by atoms with Crippen molar-refractivity contribution in [3.8, 4) is 6.01 Å². The van der Waals surface area contributed by atoms with Crippen molar-refractivity contribution in [1.29, 1.82) is 0 Å². The summed E-state index contributed by atoms with van der Waals surface area (Å²) in [6.45, 7) is 4.65. The lowest BCUT2D eigenvalue weighted by Gasteiger charge is -2.29. The normalized spacial score (nSPS) is 18.5. The molecule has 2 aliphatic heterocycles. The zero-order valence-corrected chi connectivity index (χ0v) is 23.7. The quantitative estimate of drug-likeness (QED) is 0.426. The zero-order chi connectivity index (χ0) is 27.1. The molecule has 210 valence electrons. The van der Waals surface area contributed by atoms with Gasteiger partial charge in [-0.2, -0.15) is 13.1 Å². The highest BCUT2D eigenvalue weighted by Gasteiger charge is 2.26. The molecule has 0 amide bonds. The van der Waals surface area contributed by atoms with Crippen LogP contribution in [0.5, 0.6) is 6.01 Å². The molecule has 12 heteroatoms. The predicted molar refractivity (Wildman–Crippen MR) is 151 cm³/mol. The van der Waals surface area contributed by atoms with Crippen molar-refractivity contribution in [2.45, 2.75) is 64.0 Å². The Morgan fingerprint density at radius 2 is 1.79 bits per heavy atom. The van der Waals surface area contributed by atoms with Crippen LogP contribution in [0, 0.1) is 0 Å². The average molecular weight is 573 g/mol. The minimum Gasteiger partial charge on any atom is -0.462 e. The minimum absolute atomic E-state index is 0.0428. The second-order valence-corrected chi connectivity index (χ2v) is 12.2. The summed E-state index contributed by atoms with van der Waals surface area (Å²) in [7, 11) is -3.97. The molecule has 0 bridgehead atoms. The summed E-state index contributed by atoms with van der Waals surface area (Å²) in [4.78, 5) is 16.8. The molecule has 2 N–H and O–H groups in total. The van der Waals surface area contributed by atoms with Gasteiger partial charge in [0.2, 0.25) is 0 Å². The maximum Gasteiger partial charge on any atom is 0.333 e. The first-order chi connectivity index (χ1) is 19.0. The van der Waals surface area contributed by atoms with E-state index >= 15 is 0 Å². The number of nitrogens with one attached hydrogen (secondary N) is 1. The molecule has 3 aromatic heterocycles. The number of hydrogen-bond donors (Lipinski definition) is 2. The fourth-order valence-electron chi connectivity index (χ4n) is 5.48. The number of nitrogens with zero attached hydrogens (tertiary/aromatic N) is 5. The Balaban J connectivity index is 0.000000237. The number of imidazole rings is 1. The summed E-state index contributed by atoms with van der Waals surface area (Å²) >= 11 is 1.86. The lowest BCUT2D eigenvalue weighted by molar-refractivity contribution is 0.191. The Morgan fingerprint density at radius 3 is 2.54 bits per heavy atom. The highest BCUT2D eigenvalue weighted by molar-refractivity contribution is 7.83. The maximum absolute atomic E-state index is 10.3. The molecular weight excluding hydrogens is 536 g/mol. The highest BCUT2D eigenvalue weighted by Crippen LogP contribution is 2.38. The number of piperidine rings is 1. The molecule has 3 aliphatic rings. The summed E-state index contributed by atoms with van der Waals surface area (Å²) in [5.74, 6) is 1.15. The lowest BCUT2D eigenvalue weighted by Crippen LogP contribution is -2.35. The molecule has 6 rings (SSSR count). The standard InChI is InChI=1S/C21H23N5OS.C6H13NO3S/c1-6-23-21(24-7-1)27-14-13-25-9-2-16(3-10-25)18-19-17(5-15-28-19)4-11-26-12-8-22-20(18)26;8-11(9,10)7-6-4-2-1-3-5-6/h1,5-8,12,15H,2-4,9-11,13-14H2;6-7H,1-5H2,(H,8,9,10). The molecule has 0 atom stereocenters. The number of rotatable bonds is 6. The van der Waals surface area contributed by atoms with Gasteiger partial charge in [-0.15, -0.1) is 11.3 Å². The molecule has 5 heterocycles. The molecular formula is C27H36N6O4S2. The third-order valence-electron chi connectivity index (χ3n) is 7.45. The first kappa shape index (κ1) is 27.9. The van der Waals surface area contributed by atoms with Crippen LogP contribution in [0.2, 0.25) is 0 Å². The third-order valence-corrected chi connectivity index (χ3v) is 9.06. The predicted octanol–water partition coefficient (Wildman–Crippen LogP) is 3.98. The molecule has 0 spiro atoms. The van der Waals surface area contributed by atoms with Crippen LogP contribution in [-0.2, 0) is 23.3 Å². The second kappa shape index (κ2) is 13.1. The first-order valence-electron chi connectivity index (χ1n) is 13.6. The number of likely N-dealkylation sites (tertiary alicyclic amines) is 1. The number of ether oxygens (including phenoxy) is 1. The molecule has 1 aliphatic carbocycles. The molecule has 39 heavy (non-hydrogen) atoms. The average Bonchev–Trinajstić information content (AvgIpc) is 3.57. The first-order valence-corrected chi connectivity index (χ1v) is 16.0. The second-order valence-electron chi connectivity index (χ2n) is 10.1. The van der Waals surface area contributed by atoms with Gasteiger partial charge in [-0.1, -0.05) is 24.8 Å². The van der Waals surface area contributed by atoms with Crippen LogP contribution >= 0.6 is 11.3 Å². The van der Waals surface area contributed by atoms with E-state index in [0.29, 0.717) is 12.6 Å². The summed E-state index contributed by atoms with van der Waals surface area (Å²) in [5, 5.41) is 2.22. The van der Waals surface area contributed by atoms with Crippen LogP contribution in [0.3, 0.4) is 0 Å². The van der Waals surface area contributed by atoms with Crippen LogP contribution in [0.15, 0.2) is 47.9 Å². The van der Waals surface area contributed by atoms with Gasteiger partial charge >= 0.3 is 16.3 Å². The van der Waals surface area contributed by atoms with E-state index in [1.807, 2.05) is 17.5 Å². The molecule has 10 nitrogen and oxygen atoms in total. The van der Waals surface area contributed by atoms with E-state index in [4.69, 9.17) is 14.3 Å². The van der Waals surface area contributed by atoms with Gasteiger partial charge < -0.3 is 9.30 Å². The minimum atomic E-state index is -3.97. The fourth-order valence-corrected chi connectivity index (χ4v) is 7.18. The SMILES string of the molecule is O=S(=O)(O)NC1CCCCC1.c1cnc(OCCN2CCC(=C3c4sccc4CCn4ccnc43)CC2)nc1.